The first-order valence-electron chi connectivity index (χ1n) is 13.0. The second kappa shape index (κ2) is 13.0. The standard InChI is InChI=1S/C28H29F3N4O7/c1-3-40-26(37)21-17-8-5-14(6-9-18(17)22(23(21)32)27(38)41-4-2)34-20-10-7-15(11-19(20)29)35-13-16(42-28(35)39)12-33-25(36)24(30)31/h5-11,16,24,28,34,39H,3-4,12-13,32H2,1-2H3,(H,33,36)/t16-,28?/m0/s1. The number of hydrogen-bond donors (Lipinski definition) is 4. The van der Waals surface area contributed by atoms with E-state index in [4.69, 9.17) is 19.9 Å². The molecule has 0 radical (unpaired) electrons. The molecule has 0 aromatic heterocycles. The third-order valence-electron chi connectivity index (χ3n) is 6.43. The van der Waals surface area contributed by atoms with Crippen LogP contribution in [0.15, 0.2) is 42.5 Å². The summed E-state index contributed by atoms with van der Waals surface area (Å²) in [7, 11) is 0. The molecule has 42 heavy (non-hydrogen) atoms. The van der Waals surface area contributed by atoms with Crippen molar-refractivity contribution in [3.05, 3.63) is 59.4 Å². The minimum absolute atomic E-state index is 0.00964. The van der Waals surface area contributed by atoms with E-state index in [-0.39, 0.29) is 54.5 Å². The Labute approximate surface area is 238 Å². The Hall–Kier alpha value is -4.56. The highest BCUT2D eigenvalue weighted by Gasteiger charge is 2.33. The molecule has 14 heteroatoms. The zero-order valence-electron chi connectivity index (χ0n) is 22.7. The number of nitrogens with one attached hydrogen (secondary N) is 2. The molecule has 2 aliphatic carbocycles. The average Bonchev–Trinajstić information content (AvgIpc) is 3.37. The van der Waals surface area contributed by atoms with Gasteiger partial charge in [0.05, 0.1) is 48.4 Å². The molecular weight excluding hydrogens is 561 g/mol. The third-order valence-corrected chi connectivity index (χ3v) is 6.43. The second-order valence-corrected chi connectivity index (χ2v) is 9.13. The fourth-order valence-electron chi connectivity index (χ4n) is 4.54. The predicted molar refractivity (Wildman–Crippen MR) is 146 cm³/mol. The number of rotatable bonds is 10. The van der Waals surface area contributed by atoms with Gasteiger partial charge in [0.25, 0.3) is 5.91 Å². The van der Waals surface area contributed by atoms with Crippen molar-refractivity contribution < 1.29 is 46.9 Å². The summed E-state index contributed by atoms with van der Waals surface area (Å²) in [5.74, 6) is -3.56. The molecule has 1 fully saturated rings. The monoisotopic (exact) mass is 590 g/mol. The lowest BCUT2D eigenvalue weighted by Crippen LogP contribution is -2.37. The van der Waals surface area contributed by atoms with Gasteiger partial charge in [-0.1, -0.05) is 12.1 Å². The Morgan fingerprint density at radius 3 is 2.17 bits per heavy atom. The van der Waals surface area contributed by atoms with E-state index < -0.39 is 42.6 Å². The van der Waals surface area contributed by atoms with Gasteiger partial charge in [0.15, 0.2) is 0 Å². The Balaban J connectivity index is 1.57. The first-order valence-corrected chi connectivity index (χ1v) is 13.0. The highest BCUT2D eigenvalue weighted by atomic mass is 19.3. The van der Waals surface area contributed by atoms with Gasteiger partial charge in [-0.3, -0.25) is 4.79 Å². The number of nitrogens with two attached hydrogens (primary N) is 1. The zero-order chi connectivity index (χ0) is 30.6. The van der Waals surface area contributed by atoms with E-state index in [1.54, 1.807) is 38.1 Å². The Kier molecular flexibility index (Phi) is 9.38. The van der Waals surface area contributed by atoms with E-state index in [1.807, 2.05) is 5.32 Å². The summed E-state index contributed by atoms with van der Waals surface area (Å²) < 4.78 is 55.5. The number of nitrogen functional groups attached to an aromatic ring is 1. The van der Waals surface area contributed by atoms with Gasteiger partial charge >= 0.3 is 18.4 Å². The van der Waals surface area contributed by atoms with E-state index in [9.17, 15) is 28.3 Å². The molecule has 1 saturated heterocycles. The van der Waals surface area contributed by atoms with Gasteiger partial charge in [0.2, 0.25) is 6.41 Å². The Morgan fingerprint density at radius 1 is 1.05 bits per heavy atom. The quantitative estimate of drug-likeness (QED) is 0.258. The molecule has 1 aliphatic heterocycles. The highest BCUT2D eigenvalue weighted by molar-refractivity contribution is 6.15. The maximum Gasteiger partial charge on any atom is 0.340 e. The molecule has 11 nitrogen and oxygen atoms in total. The normalized spacial score (nSPS) is 16.5. The number of alkyl halides is 2. The lowest BCUT2D eigenvalue weighted by Gasteiger charge is -2.21. The fraction of sp³-hybridized carbons (Fsp3) is 0.321. The largest absolute Gasteiger partial charge is 0.462 e. The third kappa shape index (κ3) is 6.34. The van der Waals surface area contributed by atoms with Gasteiger partial charge in [0.1, 0.15) is 5.82 Å². The number of anilines is 4. The van der Waals surface area contributed by atoms with Crippen molar-refractivity contribution in [2.45, 2.75) is 32.8 Å². The van der Waals surface area contributed by atoms with Gasteiger partial charge < -0.3 is 40.6 Å². The molecule has 0 bridgehead atoms. The van der Waals surface area contributed by atoms with Crippen LogP contribution < -0.4 is 21.3 Å². The van der Waals surface area contributed by atoms with Crippen LogP contribution in [0.3, 0.4) is 0 Å². The van der Waals surface area contributed by atoms with Gasteiger partial charge in [-0.15, -0.1) is 0 Å². The van der Waals surface area contributed by atoms with E-state index in [2.05, 4.69) is 5.32 Å². The lowest BCUT2D eigenvalue weighted by molar-refractivity contribution is -0.133. The molecule has 224 valence electrons. The summed E-state index contributed by atoms with van der Waals surface area (Å²) in [6.07, 6.45) is -5.46. The summed E-state index contributed by atoms with van der Waals surface area (Å²) in [5.41, 5.74) is 7.57. The summed E-state index contributed by atoms with van der Waals surface area (Å²) in [4.78, 5) is 37.8. The second-order valence-electron chi connectivity index (χ2n) is 9.13. The molecule has 1 unspecified atom stereocenters. The predicted octanol–water partition coefficient (Wildman–Crippen LogP) is 3.47. The van der Waals surface area contributed by atoms with Gasteiger partial charge in [-0.05, 0) is 55.3 Å². The first kappa shape index (κ1) is 30.4. The summed E-state index contributed by atoms with van der Waals surface area (Å²) >= 11 is 0. The van der Waals surface area contributed by atoms with Crippen molar-refractivity contribution in [3.63, 3.8) is 0 Å². The molecule has 5 N–H and O–H groups in total. The summed E-state index contributed by atoms with van der Waals surface area (Å²) in [6.45, 7) is 3.21. The zero-order valence-corrected chi connectivity index (χ0v) is 22.7. The Bertz CT molecular complexity index is 1400. The van der Waals surface area contributed by atoms with Crippen LogP contribution in [-0.2, 0) is 19.0 Å². The number of carbonyl (C=O) groups excluding carboxylic acids is 3. The van der Waals surface area contributed by atoms with Crippen LogP contribution >= 0.6 is 0 Å². The number of ether oxygens (including phenoxy) is 3. The van der Waals surface area contributed by atoms with E-state index >= 15 is 4.39 Å². The van der Waals surface area contributed by atoms with E-state index in [1.165, 1.54) is 17.0 Å². The van der Waals surface area contributed by atoms with Crippen LogP contribution in [0.5, 0.6) is 0 Å². The lowest BCUT2D eigenvalue weighted by atomic mass is 10.1. The minimum Gasteiger partial charge on any atom is -0.462 e. The SMILES string of the molecule is CCOC(=O)c1c2ccc(Nc3ccc(N4C[C@H](CNC(=O)C(F)F)OC4O)cc3F)ccc-2c(C(=O)OCC)c1N. The fourth-order valence-corrected chi connectivity index (χ4v) is 4.54. The van der Waals surface area contributed by atoms with E-state index in [0.29, 0.717) is 16.8 Å². The van der Waals surface area contributed by atoms with Crippen molar-refractivity contribution in [3.8, 4) is 11.1 Å². The van der Waals surface area contributed by atoms with E-state index in [0.717, 1.165) is 6.07 Å². The van der Waals surface area contributed by atoms with Crippen LogP contribution in [0.4, 0.5) is 35.9 Å². The molecule has 1 aromatic rings. The van der Waals surface area contributed by atoms with Crippen LogP contribution in [0.2, 0.25) is 0 Å². The van der Waals surface area contributed by atoms with Crippen molar-refractivity contribution >= 4 is 40.6 Å². The molecule has 1 aromatic carbocycles. The highest BCUT2D eigenvalue weighted by Crippen LogP contribution is 2.40. The molecule has 0 saturated carbocycles. The molecule has 1 amide bonds. The number of carbonyl (C=O) groups is 3. The number of aliphatic hydroxyl groups is 1. The Morgan fingerprint density at radius 2 is 1.64 bits per heavy atom. The van der Waals surface area contributed by atoms with Crippen LogP contribution in [-0.4, -0.2) is 68.2 Å². The van der Waals surface area contributed by atoms with Crippen molar-refractivity contribution in [1.29, 1.82) is 0 Å². The number of benzene rings is 1. The number of nitrogens with zero attached hydrogens (tertiary/aromatic N) is 1. The van der Waals surface area contributed by atoms with Crippen LogP contribution in [0.25, 0.3) is 11.1 Å². The maximum absolute atomic E-state index is 15.1. The number of esters is 2. The number of aliphatic hydroxyl groups excluding tert-OH is 1. The summed E-state index contributed by atoms with van der Waals surface area (Å²) in [6, 6.07) is 10.3. The molecule has 4 rings (SSSR count). The van der Waals surface area contributed by atoms with Gasteiger partial charge in [-0.2, -0.15) is 8.78 Å². The van der Waals surface area contributed by atoms with Crippen molar-refractivity contribution in [2.75, 3.05) is 42.3 Å². The molecule has 2 atom stereocenters. The summed E-state index contributed by atoms with van der Waals surface area (Å²) in [5, 5.41) is 15.2. The van der Waals surface area contributed by atoms with Gasteiger partial charge in [-0.25, -0.2) is 14.0 Å². The number of fused-ring (bicyclic) bond motifs is 1. The first-order chi connectivity index (χ1) is 20.0. The number of hydrogen-bond acceptors (Lipinski definition) is 10. The topological polar surface area (TPSA) is 152 Å². The number of halogens is 3. The van der Waals surface area contributed by atoms with Crippen molar-refractivity contribution in [1.82, 2.24) is 5.32 Å². The average molecular weight is 591 g/mol. The van der Waals surface area contributed by atoms with Crippen molar-refractivity contribution in [2.24, 2.45) is 0 Å². The molecule has 0 spiro atoms. The van der Waals surface area contributed by atoms with Crippen LogP contribution in [0, 0.1) is 5.82 Å². The minimum atomic E-state index is -3.18. The van der Waals surface area contributed by atoms with Gasteiger partial charge in [0, 0.05) is 17.9 Å². The smallest absolute Gasteiger partial charge is 0.340 e. The molecule has 1 heterocycles. The van der Waals surface area contributed by atoms with Crippen LogP contribution in [0.1, 0.15) is 34.6 Å². The maximum atomic E-state index is 15.1. The molecule has 3 aliphatic rings. The molecular formula is C28H29F3N4O7. The number of amides is 1.